The molecule has 3 heteroatoms. The van der Waals surface area contributed by atoms with Crippen molar-refractivity contribution in [1.82, 2.24) is 0 Å². The Morgan fingerprint density at radius 2 is 1.93 bits per heavy atom. The summed E-state index contributed by atoms with van der Waals surface area (Å²) < 4.78 is 5.22. The average Bonchev–Trinajstić information content (AvgIpc) is 2.15. The molecule has 0 atom stereocenters. The standard InChI is InChI=1S/C12H16O3/c1-12(2,3)15-11(14)10-7-5-4-6-9(10)8-13/h4-7,13H,8H2,1-3H3. The molecule has 3 nitrogen and oxygen atoms in total. The summed E-state index contributed by atoms with van der Waals surface area (Å²) in [4.78, 5) is 11.7. The Morgan fingerprint density at radius 1 is 1.33 bits per heavy atom. The number of aliphatic hydroxyl groups is 1. The molecule has 0 fully saturated rings. The number of ether oxygens (including phenoxy) is 1. The Balaban J connectivity index is 2.91. The maximum absolute atomic E-state index is 11.7. The van der Waals surface area contributed by atoms with E-state index in [-0.39, 0.29) is 6.61 Å². The van der Waals surface area contributed by atoms with Gasteiger partial charge in [0.05, 0.1) is 12.2 Å². The Kier molecular flexibility index (Phi) is 3.48. The van der Waals surface area contributed by atoms with Crippen molar-refractivity contribution in [2.45, 2.75) is 33.0 Å². The largest absolute Gasteiger partial charge is 0.456 e. The maximum Gasteiger partial charge on any atom is 0.339 e. The summed E-state index contributed by atoms with van der Waals surface area (Å²) in [6.07, 6.45) is 0. The minimum Gasteiger partial charge on any atom is -0.456 e. The van der Waals surface area contributed by atoms with Crippen molar-refractivity contribution < 1.29 is 14.6 Å². The molecular weight excluding hydrogens is 192 g/mol. The minimum absolute atomic E-state index is 0.157. The lowest BCUT2D eigenvalue weighted by atomic mass is 10.1. The van der Waals surface area contributed by atoms with E-state index in [1.165, 1.54) is 0 Å². The first kappa shape index (κ1) is 11.7. The molecule has 0 saturated carbocycles. The van der Waals surface area contributed by atoms with Gasteiger partial charge in [0.1, 0.15) is 5.60 Å². The second-order valence-electron chi connectivity index (χ2n) is 4.32. The van der Waals surface area contributed by atoms with Crippen molar-refractivity contribution in [2.24, 2.45) is 0 Å². The maximum atomic E-state index is 11.7. The molecular formula is C12H16O3. The number of benzene rings is 1. The molecule has 0 saturated heterocycles. The molecule has 0 radical (unpaired) electrons. The molecule has 0 aliphatic rings. The van der Waals surface area contributed by atoms with E-state index in [0.717, 1.165) is 0 Å². The molecule has 1 rings (SSSR count). The van der Waals surface area contributed by atoms with Crippen LogP contribution in [0.5, 0.6) is 0 Å². The zero-order valence-electron chi connectivity index (χ0n) is 9.28. The van der Waals surface area contributed by atoms with Crippen LogP contribution in [-0.4, -0.2) is 16.7 Å². The quantitative estimate of drug-likeness (QED) is 0.757. The highest BCUT2D eigenvalue weighted by Gasteiger charge is 2.19. The molecule has 0 heterocycles. The van der Waals surface area contributed by atoms with Crippen molar-refractivity contribution in [3.05, 3.63) is 35.4 Å². The smallest absolute Gasteiger partial charge is 0.339 e. The molecule has 0 aromatic heterocycles. The van der Waals surface area contributed by atoms with Crippen LogP contribution in [0.4, 0.5) is 0 Å². The van der Waals surface area contributed by atoms with Gasteiger partial charge in [0, 0.05) is 0 Å². The van der Waals surface area contributed by atoms with Gasteiger partial charge in [-0.2, -0.15) is 0 Å². The zero-order chi connectivity index (χ0) is 11.5. The van der Waals surface area contributed by atoms with Crippen LogP contribution in [0.2, 0.25) is 0 Å². The number of hydrogen-bond acceptors (Lipinski definition) is 3. The Bertz CT molecular complexity index is 350. The highest BCUT2D eigenvalue weighted by atomic mass is 16.6. The van der Waals surface area contributed by atoms with Crippen LogP contribution in [0.1, 0.15) is 36.7 Å². The van der Waals surface area contributed by atoms with Gasteiger partial charge < -0.3 is 9.84 Å². The molecule has 0 spiro atoms. The van der Waals surface area contributed by atoms with E-state index in [4.69, 9.17) is 9.84 Å². The van der Waals surface area contributed by atoms with Crippen LogP contribution in [0.15, 0.2) is 24.3 Å². The van der Waals surface area contributed by atoms with E-state index in [2.05, 4.69) is 0 Å². The molecule has 0 aliphatic carbocycles. The summed E-state index contributed by atoms with van der Waals surface area (Å²) in [5.74, 6) is -0.396. The summed E-state index contributed by atoms with van der Waals surface area (Å²) in [7, 11) is 0. The van der Waals surface area contributed by atoms with Crippen molar-refractivity contribution in [3.8, 4) is 0 Å². The summed E-state index contributed by atoms with van der Waals surface area (Å²) in [5.41, 5.74) is 0.501. The fourth-order valence-electron chi connectivity index (χ4n) is 1.19. The molecule has 1 N–H and O–H groups in total. The summed E-state index contributed by atoms with van der Waals surface area (Å²) in [6.45, 7) is 5.28. The van der Waals surface area contributed by atoms with Gasteiger partial charge in [-0.3, -0.25) is 0 Å². The normalized spacial score (nSPS) is 11.2. The third-order valence-electron chi connectivity index (χ3n) is 1.81. The van der Waals surface area contributed by atoms with Crippen LogP contribution in [-0.2, 0) is 11.3 Å². The predicted octanol–water partition coefficient (Wildman–Crippen LogP) is 2.13. The highest BCUT2D eigenvalue weighted by molar-refractivity contribution is 5.91. The summed E-state index contributed by atoms with van der Waals surface area (Å²) in [6, 6.07) is 6.89. The lowest BCUT2D eigenvalue weighted by Gasteiger charge is -2.20. The number of aliphatic hydroxyl groups excluding tert-OH is 1. The van der Waals surface area contributed by atoms with Crippen molar-refractivity contribution in [3.63, 3.8) is 0 Å². The van der Waals surface area contributed by atoms with Gasteiger partial charge in [0.2, 0.25) is 0 Å². The number of esters is 1. The van der Waals surface area contributed by atoms with Crippen molar-refractivity contribution in [2.75, 3.05) is 0 Å². The molecule has 15 heavy (non-hydrogen) atoms. The first-order valence-electron chi connectivity index (χ1n) is 4.86. The third kappa shape index (κ3) is 3.36. The first-order valence-corrected chi connectivity index (χ1v) is 4.86. The SMILES string of the molecule is CC(C)(C)OC(=O)c1ccccc1CO. The molecule has 82 valence electrons. The topological polar surface area (TPSA) is 46.5 Å². The first-order chi connectivity index (χ1) is 6.94. The molecule has 0 aliphatic heterocycles. The van der Waals surface area contributed by atoms with Crippen LogP contribution in [0.3, 0.4) is 0 Å². The van der Waals surface area contributed by atoms with E-state index in [0.29, 0.717) is 11.1 Å². The Morgan fingerprint density at radius 3 is 2.47 bits per heavy atom. The van der Waals surface area contributed by atoms with Crippen molar-refractivity contribution in [1.29, 1.82) is 0 Å². The molecule has 1 aromatic carbocycles. The van der Waals surface area contributed by atoms with Gasteiger partial charge in [0.25, 0.3) is 0 Å². The molecule has 0 unspecified atom stereocenters. The van der Waals surface area contributed by atoms with Gasteiger partial charge >= 0.3 is 5.97 Å². The number of rotatable bonds is 2. The van der Waals surface area contributed by atoms with Gasteiger partial charge in [-0.25, -0.2) is 4.79 Å². The molecule has 0 bridgehead atoms. The third-order valence-corrected chi connectivity index (χ3v) is 1.81. The van der Waals surface area contributed by atoms with Gasteiger partial charge in [0.15, 0.2) is 0 Å². The van der Waals surface area contributed by atoms with E-state index < -0.39 is 11.6 Å². The van der Waals surface area contributed by atoms with Crippen LogP contribution < -0.4 is 0 Å². The Hall–Kier alpha value is -1.35. The number of carbonyl (C=O) groups excluding carboxylic acids is 1. The van der Waals surface area contributed by atoms with E-state index >= 15 is 0 Å². The second-order valence-corrected chi connectivity index (χ2v) is 4.32. The van der Waals surface area contributed by atoms with E-state index in [1.807, 2.05) is 20.8 Å². The minimum atomic E-state index is -0.514. The predicted molar refractivity (Wildman–Crippen MR) is 57.5 cm³/mol. The van der Waals surface area contributed by atoms with Gasteiger partial charge in [-0.15, -0.1) is 0 Å². The molecule has 0 amide bonds. The summed E-state index contributed by atoms with van der Waals surface area (Å²) >= 11 is 0. The van der Waals surface area contributed by atoms with Crippen LogP contribution in [0.25, 0.3) is 0 Å². The lowest BCUT2D eigenvalue weighted by molar-refractivity contribution is 0.00666. The molecule has 1 aromatic rings. The second kappa shape index (κ2) is 4.45. The monoisotopic (exact) mass is 208 g/mol. The van der Waals surface area contributed by atoms with Gasteiger partial charge in [-0.05, 0) is 32.4 Å². The Labute approximate surface area is 89.7 Å². The number of carbonyl (C=O) groups is 1. The highest BCUT2D eigenvalue weighted by Crippen LogP contribution is 2.15. The number of hydrogen-bond donors (Lipinski definition) is 1. The van der Waals surface area contributed by atoms with Gasteiger partial charge in [-0.1, -0.05) is 18.2 Å². The lowest BCUT2D eigenvalue weighted by Crippen LogP contribution is -2.24. The fraction of sp³-hybridized carbons (Fsp3) is 0.417. The zero-order valence-corrected chi connectivity index (χ0v) is 9.28. The average molecular weight is 208 g/mol. The van der Waals surface area contributed by atoms with Crippen LogP contribution in [0, 0.1) is 0 Å². The fourth-order valence-corrected chi connectivity index (χ4v) is 1.19. The van der Waals surface area contributed by atoms with E-state index in [9.17, 15) is 4.79 Å². The van der Waals surface area contributed by atoms with E-state index in [1.54, 1.807) is 24.3 Å². The summed E-state index contributed by atoms with van der Waals surface area (Å²) in [5, 5.41) is 9.06. The van der Waals surface area contributed by atoms with Crippen molar-refractivity contribution >= 4 is 5.97 Å². The van der Waals surface area contributed by atoms with Crippen LogP contribution >= 0.6 is 0 Å².